The molecule has 0 aliphatic rings. The molecular weight excluding hydrogens is 448 g/mol. The smallest absolute Gasteiger partial charge is 0.249 e. The summed E-state index contributed by atoms with van der Waals surface area (Å²) in [7, 11) is -0.505. The molecule has 2 aromatic carbocycles. The van der Waals surface area contributed by atoms with Gasteiger partial charge in [-0.1, -0.05) is 22.9 Å². The highest BCUT2D eigenvalue weighted by molar-refractivity contribution is 7.91. The number of nitrogens with zero attached hydrogens (tertiary/aromatic N) is 2. The average molecular weight is 469 g/mol. The van der Waals surface area contributed by atoms with E-state index in [-0.39, 0.29) is 17.1 Å². The van der Waals surface area contributed by atoms with Crippen LogP contribution in [0.2, 0.25) is 5.02 Å². The lowest BCUT2D eigenvalue weighted by Gasteiger charge is -2.05. The molecule has 7 nitrogen and oxygen atoms in total. The first-order valence-corrected chi connectivity index (χ1v) is 11.9. The van der Waals surface area contributed by atoms with Crippen LogP contribution < -0.4 is 9.54 Å². The van der Waals surface area contributed by atoms with Crippen LogP contribution >= 0.6 is 22.9 Å². The number of rotatable bonds is 8. The minimum Gasteiger partial charge on any atom is -0.497 e. The van der Waals surface area contributed by atoms with Crippen molar-refractivity contribution >= 4 is 48.9 Å². The number of methoxy groups -OCH3 is 2. The number of halogens is 1. The van der Waals surface area contributed by atoms with E-state index in [2.05, 4.69) is 4.99 Å². The molecule has 1 amide bonds. The van der Waals surface area contributed by atoms with E-state index in [1.54, 1.807) is 25.3 Å². The second-order valence-electron chi connectivity index (χ2n) is 6.39. The summed E-state index contributed by atoms with van der Waals surface area (Å²) in [5.74, 6) is -0.266. The van der Waals surface area contributed by atoms with Crippen molar-refractivity contribution in [2.45, 2.75) is 17.9 Å². The summed E-state index contributed by atoms with van der Waals surface area (Å²) in [6.07, 6.45) is -0.215. The Morgan fingerprint density at radius 2 is 1.90 bits per heavy atom. The number of thiazole rings is 1. The van der Waals surface area contributed by atoms with Gasteiger partial charge in [0.25, 0.3) is 0 Å². The highest BCUT2D eigenvalue weighted by atomic mass is 35.5. The second-order valence-corrected chi connectivity index (χ2v) is 9.95. The molecule has 30 heavy (non-hydrogen) atoms. The third-order valence-electron chi connectivity index (χ3n) is 4.39. The number of amides is 1. The maximum absolute atomic E-state index is 12.5. The summed E-state index contributed by atoms with van der Waals surface area (Å²) < 4.78 is 38.0. The Kier molecular flexibility index (Phi) is 7.30. The highest BCUT2D eigenvalue weighted by Crippen LogP contribution is 2.22. The Morgan fingerprint density at radius 3 is 2.57 bits per heavy atom. The van der Waals surface area contributed by atoms with Crippen LogP contribution in [0.25, 0.3) is 10.2 Å². The van der Waals surface area contributed by atoms with E-state index in [1.807, 2.05) is 16.7 Å². The average Bonchev–Trinajstić information content (AvgIpc) is 3.06. The third-order valence-corrected chi connectivity index (χ3v) is 7.40. The molecular formula is C20H21ClN2O5S2. The van der Waals surface area contributed by atoms with Gasteiger partial charge in [0.05, 0.1) is 34.6 Å². The summed E-state index contributed by atoms with van der Waals surface area (Å²) in [6.45, 7) is 0.954. The molecule has 0 saturated carbocycles. The van der Waals surface area contributed by atoms with Gasteiger partial charge in [-0.3, -0.25) is 4.79 Å². The molecule has 0 aliphatic carbocycles. The molecule has 160 valence electrons. The molecule has 0 spiro atoms. The Hall–Kier alpha value is -2.20. The number of carbonyl (C=O) groups is 1. The lowest BCUT2D eigenvalue weighted by atomic mass is 10.3. The van der Waals surface area contributed by atoms with Crippen molar-refractivity contribution in [1.82, 2.24) is 4.57 Å². The van der Waals surface area contributed by atoms with Crippen LogP contribution in [0.4, 0.5) is 0 Å². The minimum atomic E-state index is -3.60. The summed E-state index contributed by atoms with van der Waals surface area (Å²) in [5, 5.41) is 0.589. The number of aromatic nitrogens is 1. The maximum Gasteiger partial charge on any atom is 0.249 e. The fourth-order valence-corrected chi connectivity index (χ4v) is 5.40. The van der Waals surface area contributed by atoms with E-state index in [1.165, 1.54) is 30.6 Å². The molecule has 0 N–H and O–H groups in total. The molecule has 0 aliphatic heterocycles. The largest absolute Gasteiger partial charge is 0.497 e. The van der Waals surface area contributed by atoms with Crippen molar-refractivity contribution in [3.63, 3.8) is 0 Å². The number of hydrogen-bond acceptors (Lipinski definition) is 6. The van der Waals surface area contributed by atoms with Gasteiger partial charge in [0.2, 0.25) is 5.91 Å². The van der Waals surface area contributed by atoms with Crippen LogP contribution in [0.15, 0.2) is 52.4 Å². The first-order valence-electron chi connectivity index (χ1n) is 9.06. The Labute approximate surface area is 183 Å². The molecule has 3 rings (SSSR count). The van der Waals surface area contributed by atoms with Crippen LogP contribution in [0.3, 0.4) is 0 Å². The number of sulfone groups is 1. The zero-order chi connectivity index (χ0) is 21.7. The van der Waals surface area contributed by atoms with Gasteiger partial charge in [0, 0.05) is 25.1 Å². The fourth-order valence-electron chi connectivity index (χ4n) is 2.82. The molecule has 0 bridgehead atoms. The monoisotopic (exact) mass is 468 g/mol. The van der Waals surface area contributed by atoms with Crippen LogP contribution in [0, 0.1) is 0 Å². The number of fused-ring (bicyclic) bond motifs is 1. The van der Waals surface area contributed by atoms with Gasteiger partial charge in [0.15, 0.2) is 14.6 Å². The van der Waals surface area contributed by atoms with Gasteiger partial charge in [-0.25, -0.2) is 8.42 Å². The molecule has 1 heterocycles. The lowest BCUT2D eigenvalue weighted by molar-refractivity contribution is -0.117. The standard InChI is InChI=1S/C20H21ClN2O5S2/c1-27-11-10-23-17-8-3-14(21)13-18(17)29-20(23)22-19(24)9-12-30(25,26)16-6-4-15(28-2)5-7-16/h3-8,13H,9-12H2,1-2H3. The number of benzene rings is 2. The van der Waals surface area contributed by atoms with Gasteiger partial charge in [0.1, 0.15) is 5.75 Å². The van der Waals surface area contributed by atoms with E-state index in [4.69, 9.17) is 21.1 Å². The van der Waals surface area contributed by atoms with E-state index in [9.17, 15) is 13.2 Å². The van der Waals surface area contributed by atoms with E-state index < -0.39 is 15.7 Å². The van der Waals surface area contributed by atoms with E-state index in [0.29, 0.717) is 28.7 Å². The normalized spacial score (nSPS) is 12.4. The maximum atomic E-state index is 12.5. The van der Waals surface area contributed by atoms with Crippen LogP contribution in [0.5, 0.6) is 5.75 Å². The Bertz CT molecular complexity index is 1210. The minimum absolute atomic E-state index is 0.141. The summed E-state index contributed by atoms with van der Waals surface area (Å²) in [5.41, 5.74) is 0.888. The Morgan fingerprint density at radius 1 is 1.17 bits per heavy atom. The van der Waals surface area contributed by atoms with E-state index >= 15 is 0 Å². The van der Waals surface area contributed by atoms with Gasteiger partial charge in [-0.15, -0.1) is 0 Å². The summed E-state index contributed by atoms with van der Waals surface area (Å²) in [4.78, 5) is 17.2. The van der Waals surface area contributed by atoms with Crippen LogP contribution in [0.1, 0.15) is 6.42 Å². The summed E-state index contributed by atoms with van der Waals surface area (Å²) in [6, 6.07) is 11.5. The van der Waals surface area contributed by atoms with Crippen molar-refractivity contribution in [2.75, 3.05) is 26.6 Å². The van der Waals surface area contributed by atoms with Crippen molar-refractivity contribution in [3.05, 3.63) is 52.3 Å². The Balaban J connectivity index is 1.82. The van der Waals surface area contributed by atoms with Gasteiger partial charge in [-0.2, -0.15) is 4.99 Å². The lowest BCUT2D eigenvalue weighted by Crippen LogP contribution is -2.20. The zero-order valence-corrected chi connectivity index (χ0v) is 18.9. The molecule has 1 aromatic heterocycles. The van der Waals surface area contributed by atoms with Crippen LogP contribution in [-0.4, -0.2) is 45.5 Å². The van der Waals surface area contributed by atoms with Crippen LogP contribution in [-0.2, 0) is 25.9 Å². The number of carbonyl (C=O) groups excluding carboxylic acids is 1. The van der Waals surface area contributed by atoms with Crippen molar-refractivity contribution < 1.29 is 22.7 Å². The van der Waals surface area contributed by atoms with Gasteiger partial charge >= 0.3 is 0 Å². The van der Waals surface area contributed by atoms with Crippen molar-refractivity contribution in [2.24, 2.45) is 4.99 Å². The first-order chi connectivity index (χ1) is 14.3. The topological polar surface area (TPSA) is 87.0 Å². The van der Waals surface area contributed by atoms with Crippen molar-refractivity contribution in [1.29, 1.82) is 0 Å². The molecule has 0 atom stereocenters. The molecule has 3 aromatic rings. The molecule has 0 radical (unpaired) electrons. The van der Waals surface area contributed by atoms with Gasteiger partial charge < -0.3 is 14.0 Å². The molecule has 10 heteroatoms. The number of hydrogen-bond donors (Lipinski definition) is 0. The van der Waals surface area contributed by atoms with Crippen molar-refractivity contribution in [3.8, 4) is 5.75 Å². The molecule has 0 unspecified atom stereocenters. The predicted molar refractivity (Wildman–Crippen MR) is 117 cm³/mol. The zero-order valence-electron chi connectivity index (χ0n) is 16.5. The molecule has 0 saturated heterocycles. The predicted octanol–water partition coefficient (Wildman–Crippen LogP) is 3.30. The number of ether oxygens (including phenoxy) is 2. The first kappa shape index (κ1) is 22.5. The SMILES string of the molecule is COCCn1c(=NC(=O)CCS(=O)(=O)c2ccc(OC)cc2)sc2cc(Cl)ccc21. The fraction of sp³-hybridized carbons (Fsp3) is 0.300. The quantitative estimate of drug-likeness (QED) is 0.506. The van der Waals surface area contributed by atoms with Gasteiger partial charge in [-0.05, 0) is 42.5 Å². The second kappa shape index (κ2) is 9.74. The highest BCUT2D eigenvalue weighted by Gasteiger charge is 2.17. The van der Waals surface area contributed by atoms with E-state index in [0.717, 1.165) is 10.2 Å². The summed E-state index contributed by atoms with van der Waals surface area (Å²) >= 11 is 7.39. The molecule has 0 fully saturated rings. The third kappa shape index (κ3) is 5.28.